The summed E-state index contributed by atoms with van der Waals surface area (Å²) >= 11 is 7.84. The van der Waals surface area contributed by atoms with E-state index < -0.39 is 0 Å². The minimum absolute atomic E-state index is 0.00859. The summed E-state index contributed by atoms with van der Waals surface area (Å²) < 4.78 is 1.00. The quantitative estimate of drug-likeness (QED) is 0.670. The summed E-state index contributed by atoms with van der Waals surface area (Å²) in [7, 11) is 0. The first-order valence-electron chi connectivity index (χ1n) is 9.13. The van der Waals surface area contributed by atoms with Gasteiger partial charge in [0.05, 0.1) is 15.2 Å². The fourth-order valence-corrected chi connectivity index (χ4v) is 5.29. The number of carbonyl (C=O) groups excluding carboxylic acids is 1. The third-order valence-corrected chi connectivity index (χ3v) is 7.04. The molecule has 3 heterocycles. The molecule has 2 saturated heterocycles. The smallest absolute Gasteiger partial charge is 0.320 e. The number of carbonyl (C=O) groups is 1. The first-order chi connectivity index (χ1) is 13.2. The van der Waals surface area contributed by atoms with E-state index in [1.807, 2.05) is 47.4 Å². The molecule has 0 unspecified atom stereocenters. The minimum Gasteiger partial charge on any atom is -0.320 e. The number of urea groups is 1. The van der Waals surface area contributed by atoms with Crippen LogP contribution in [0.25, 0.3) is 20.8 Å². The van der Waals surface area contributed by atoms with Crippen molar-refractivity contribution in [2.45, 2.75) is 12.5 Å². The van der Waals surface area contributed by atoms with Crippen LogP contribution in [0.5, 0.6) is 0 Å². The zero-order valence-corrected chi connectivity index (χ0v) is 16.2. The minimum atomic E-state index is -0.00859. The lowest BCUT2D eigenvalue weighted by Crippen LogP contribution is -2.41. The molecule has 0 saturated carbocycles. The first kappa shape index (κ1) is 17.0. The largest absolute Gasteiger partial charge is 0.322 e. The lowest BCUT2D eigenvalue weighted by molar-refractivity contribution is 0.206. The van der Waals surface area contributed by atoms with Crippen LogP contribution in [0.2, 0.25) is 5.02 Å². The maximum atomic E-state index is 12.6. The molecular weight excluding hydrogens is 380 g/mol. The molecule has 2 atom stereocenters. The van der Waals surface area contributed by atoms with Gasteiger partial charge in [-0.25, -0.2) is 9.78 Å². The van der Waals surface area contributed by atoms with Crippen molar-refractivity contribution in [3.63, 3.8) is 0 Å². The summed E-state index contributed by atoms with van der Waals surface area (Å²) in [5.41, 5.74) is 2.73. The maximum absolute atomic E-state index is 12.6. The molecule has 138 valence electrons. The van der Waals surface area contributed by atoms with Crippen LogP contribution < -0.4 is 10.6 Å². The van der Waals surface area contributed by atoms with E-state index in [0.717, 1.165) is 57.6 Å². The Morgan fingerprint density at radius 3 is 2.89 bits per heavy atom. The summed E-state index contributed by atoms with van der Waals surface area (Å²) in [6, 6.07) is 13.9. The van der Waals surface area contributed by atoms with Crippen LogP contribution in [0.4, 0.5) is 10.5 Å². The molecule has 2 N–H and O–H groups in total. The molecule has 2 aliphatic rings. The summed E-state index contributed by atoms with van der Waals surface area (Å²) in [4.78, 5) is 19.3. The fraction of sp³-hybridized carbons (Fsp3) is 0.300. The van der Waals surface area contributed by atoms with Crippen molar-refractivity contribution in [1.82, 2.24) is 15.2 Å². The van der Waals surface area contributed by atoms with E-state index in [9.17, 15) is 4.79 Å². The zero-order chi connectivity index (χ0) is 18.4. The van der Waals surface area contributed by atoms with Gasteiger partial charge in [0.25, 0.3) is 0 Å². The molecule has 5 rings (SSSR count). The molecule has 0 radical (unpaired) electrons. The van der Waals surface area contributed by atoms with E-state index in [1.54, 1.807) is 11.3 Å². The molecule has 2 amide bonds. The highest BCUT2D eigenvalue weighted by molar-refractivity contribution is 7.22. The number of aromatic nitrogens is 1. The van der Waals surface area contributed by atoms with Gasteiger partial charge in [-0.15, -0.1) is 11.3 Å². The Morgan fingerprint density at radius 1 is 1.22 bits per heavy atom. The van der Waals surface area contributed by atoms with Gasteiger partial charge < -0.3 is 15.5 Å². The van der Waals surface area contributed by atoms with Gasteiger partial charge in [-0.1, -0.05) is 17.7 Å². The zero-order valence-electron chi connectivity index (χ0n) is 14.6. The van der Waals surface area contributed by atoms with Crippen molar-refractivity contribution < 1.29 is 4.79 Å². The molecule has 2 aliphatic heterocycles. The molecule has 7 heteroatoms. The number of nitrogens with zero attached hydrogens (tertiary/aromatic N) is 2. The first-order valence-corrected chi connectivity index (χ1v) is 10.3. The van der Waals surface area contributed by atoms with Crippen molar-refractivity contribution in [1.29, 1.82) is 0 Å². The summed E-state index contributed by atoms with van der Waals surface area (Å²) in [5.74, 6) is 0.601. The van der Waals surface area contributed by atoms with Crippen LogP contribution in [-0.2, 0) is 0 Å². The maximum Gasteiger partial charge on any atom is 0.322 e. The molecule has 27 heavy (non-hydrogen) atoms. The second kappa shape index (κ2) is 6.78. The van der Waals surface area contributed by atoms with Crippen LogP contribution in [0, 0.1) is 5.92 Å². The van der Waals surface area contributed by atoms with Crippen LogP contribution in [0.15, 0.2) is 42.5 Å². The standard InChI is InChI=1S/C20H19ClN4OS/c21-15-2-1-3-16-18(15)27-19(24-16)12-4-6-14(7-5-12)23-20(26)25-9-8-13-10-22-11-17(13)25/h1-7,13,17,22H,8-11H2,(H,23,26)/t13-,17+/m1/s1. The number of hydrogen-bond acceptors (Lipinski definition) is 4. The Morgan fingerprint density at radius 2 is 2.07 bits per heavy atom. The number of likely N-dealkylation sites (tertiary alicyclic amines) is 1. The van der Waals surface area contributed by atoms with Gasteiger partial charge in [-0.2, -0.15) is 0 Å². The van der Waals surface area contributed by atoms with E-state index in [4.69, 9.17) is 11.6 Å². The number of hydrogen-bond donors (Lipinski definition) is 2. The van der Waals surface area contributed by atoms with Crippen molar-refractivity contribution in [2.24, 2.45) is 5.92 Å². The van der Waals surface area contributed by atoms with Gasteiger partial charge in [0.1, 0.15) is 5.01 Å². The van der Waals surface area contributed by atoms with Gasteiger partial charge in [-0.3, -0.25) is 0 Å². The Kier molecular flexibility index (Phi) is 4.27. The normalized spacial score (nSPS) is 21.6. The Hall–Kier alpha value is -2.15. The third-order valence-electron chi connectivity index (χ3n) is 5.46. The van der Waals surface area contributed by atoms with Crippen molar-refractivity contribution in [3.8, 4) is 10.6 Å². The van der Waals surface area contributed by atoms with Crippen LogP contribution >= 0.6 is 22.9 Å². The van der Waals surface area contributed by atoms with Crippen molar-refractivity contribution in [2.75, 3.05) is 25.0 Å². The van der Waals surface area contributed by atoms with E-state index in [-0.39, 0.29) is 6.03 Å². The highest BCUT2D eigenvalue weighted by Gasteiger charge is 2.39. The fourth-order valence-electron chi connectivity index (χ4n) is 4.03. The lowest BCUT2D eigenvalue weighted by Gasteiger charge is -2.23. The van der Waals surface area contributed by atoms with Gasteiger partial charge in [0, 0.05) is 36.9 Å². The number of amides is 2. The lowest BCUT2D eigenvalue weighted by atomic mass is 10.1. The van der Waals surface area contributed by atoms with Gasteiger partial charge in [-0.05, 0) is 48.7 Å². The summed E-state index contributed by atoms with van der Waals surface area (Å²) in [6.07, 6.45) is 1.09. The van der Waals surface area contributed by atoms with Crippen LogP contribution in [0.1, 0.15) is 6.42 Å². The predicted octanol–water partition coefficient (Wildman–Crippen LogP) is 4.44. The number of halogens is 1. The molecule has 0 spiro atoms. The van der Waals surface area contributed by atoms with Crippen LogP contribution in [0.3, 0.4) is 0 Å². The molecule has 2 fully saturated rings. The van der Waals surface area contributed by atoms with E-state index >= 15 is 0 Å². The Bertz CT molecular complexity index is 1000. The molecule has 0 aliphatic carbocycles. The molecule has 0 bridgehead atoms. The summed E-state index contributed by atoms with van der Waals surface area (Å²) in [5, 5.41) is 8.06. The van der Waals surface area contributed by atoms with E-state index in [1.165, 1.54) is 0 Å². The van der Waals surface area contributed by atoms with Crippen LogP contribution in [-0.4, -0.2) is 41.6 Å². The summed E-state index contributed by atoms with van der Waals surface area (Å²) in [6.45, 7) is 2.76. The molecular formula is C20H19ClN4OS. The highest BCUT2D eigenvalue weighted by atomic mass is 35.5. The molecule has 5 nitrogen and oxygen atoms in total. The van der Waals surface area contributed by atoms with Gasteiger partial charge in [0.15, 0.2) is 0 Å². The average molecular weight is 399 g/mol. The number of rotatable bonds is 2. The molecule has 1 aromatic heterocycles. The van der Waals surface area contributed by atoms with Crippen molar-refractivity contribution in [3.05, 3.63) is 47.5 Å². The number of anilines is 1. The number of benzene rings is 2. The average Bonchev–Trinajstić information content (AvgIpc) is 3.38. The number of nitrogens with one attached hydrogen (secondary N) is 2. The monoisotopic (exact) mass is 398 g/mol. The highest BCUT2D eigenvalue weighted by Crippen LogP contribution is 2.35. The number of fused-ring (bicyclic) bond motifs is 2. The molecule has 3 aromatic rings. The van der Waals surface area contributed by atoms with Gasteiger partial charge in [0.2, 0.25) is 0 Å². The van der Waals surface area contributed by atoms with E-state index in [2.05, 4.69) is 15.6 Å². The Labute approximate surface area is 166 Å². The Balaban J connectivity index is 1.32. The number of thiazole rings is 1. The molecule has 2 aromatic carbocycles. The van der Waals surface area contributed by atoms with Crippen molar-refractivity contribution >= 4 is 44.9 Å². The SMILES string of the molecule is O=C(Nc1ccc(-c2nc3cccc(Cl)c3s2)cc1)N1CC[C@@H]2CNC[C@@H]21. The van der Waals surface area contributed by atoms with Gasteiger partial charge >= 0.3 is 6.03 Å². The van der Waals surface area contributed by atoms with E-state index in [0.29, 0.717) is 12.0 Å². The topological polar surface area (TPSA) is 57.3 Å². The second-order valence-electron chi connectivity index (χ2n) is 7.08. The predicted molar refractivity (Wildman–Crippen MR) is 111 cm³/mol. The third kappa shape index (κ3) is 3.08. The second-order valence-corrected chi connectivity index (χ2v) is 8.49.